The Morgan fingerprint density at radius 1 is 1.13 bits per heavy atom. The fourth-order valence-corrected chi connectivity index (χ4v) is 4.00. The van der Waals surface area contributed by atoms with Gasteiger partial charge in [-0.25, -0.2) is 4.79 Å². The van der Waals surface area contributed by atoms with Crippen molar-refractivity contribution in [3.05, 3.63) is 34.9 Å². The second kappa shape index (κ2) is 9.41. The van der Waals surface area contributed by atoms with Gasteiger partial charge in [-0.2, -0.15) is 0 Å². The molecule has 3 rings (SSSR count). The van der Waals surface area contributed by atoms with Crippen molar-refractivity contribution in [1.82, 2.24) is 10.2 Å². The smallest absolute Gasteiger partial charge is 0.338 e. The normalized spacial score (nSPS) is 21.0. The van der Waals surface area contributed by atoms with Crippen LogP contribution in [0.15, 0.2) is 18.2 Å². The summed E-state index contributed by atoms with van der Waals surface area (Å²) in [5.74, 6) is -0.967. The van der Waals surface area contributed by atoms with E-state index in [1.165, 1.54) is 29.5 Å². The van der Waals surface area contributed by atoms with E-state index in [9.17, 15) is 19.2 Å². The topological polar surface area (TPSA) is 92.8 Å². The molecule has 0 radical (unpaired) electrons. The zero-order chi connectivity index (χ0) is 21.8. The number of fused-ring (bicyclic) bond motifs is 1. The molecule has 30 heavy (non-hydrogen) atoms. The average molecular weight is 415 g/mol. The van der Waals surface area contributed by atoms with E-state index in [4.69, 9.17) is 4.74 Å². The summed E-state index contributed by atoms with van der Waals surface area (Å²) in [6.07, 6.45) is 5.01. The second-order valence-corrected chi connectivity index (χ2v) is 8.72. The lowest BCUT2D eigenvalue weighted by Gasteiger charge is -2.29. The Morgan fingerprint density at radius 2 is 1.83 bits per heavy atom. The van der Waals surface area contributed by atoms with Crippen molar-refractivity contribution in [1.29, 1.82) is 0 Å². The van der Waals surface area contributed by atoms with Crippen LogP contribution in [0.5, 0.6) is 0 Å². The summed E-state index contributed by atoms with van der Waals surface area (Å²) in [5, 5.41) is 2.94. The minimum absolute atomic E-state index is 0.116. The maximum Gasteiger partial charge on any atom is 0.338 e. The molecule has 2 atom stereocenters. The summed E-state index contributed by atoms with van der Waals surface area (Å²) in [6.45, 7) is 6.15. The summed E-state index contributed by atoms with van der Waals surface area (Å²) in [4.78, 5) is 50.8. The predicted octanol–water partition coefficient (Wildman–Crippen LogP) is 3.18. The Morgan fingerprint density at radius 3 is 2.53 bits per heavy atom. The summed E-state index contributed by atoms with van der Waals surface area (Å²) in [5.41, 5.74) is 0.655. The molecular formula is C23H30N2O5. The van der Waals surface area contributed by atoms with E-state index in [0.29, 0.717) is 23.9 Å². The van der Waals surface area contributed by atoms with E-state index in [2.05, 4.69) is 12.2 Å². The third-order valence-corrected chi connectivity index (χ3v) is 5.93. The lowest BCUT2D eigenvalue weighted by molar-refractivity contribution is -0.125. The SMILES string of the molecule is CC(C)CCN1C(=O)c2ccc(C(=O)OCC(=O)N[C@@H]3CCCC[C@@H]3C)cc2C1=O. The Labute approximate surface area is 177 Å². The predicted molar refractivity (Wildman–Crippen MR) is 111 cm³/mol. The number of rotatable bonds is 7. The van der Waals surface area contributed by atoms with Gasteiger partial charge >= 0.3 is 5.97 Å². The van der Waals surface area contributed by atoms with Crippen molar-refractivity contribution >= 4 is 23.7 Å². The first-order valence-corrected chi connectivity index (χ1v) is 10.7. The van der Waals surface area contributed by atoms with Gasteiger partial charge in [0.25, 0.3) is 17.7 Å². The number of nitrogens with zero attached hydrogens (tertiary/aromatic N) is 1. The second-order valence-electron chi connectivity index (χ2n) is 8.72. The van der Waals surface area contributed by atoms with E-state index in [0.717, 1.165) is 25.7 Å². The minimum Gasteiger partial charge on any atom is -0.452 e. The molecular weight excluding hydrogens is 384 g/mol. The maximum atomic E-state index is 12.6. The van der Waals surface area contributed by atoms with Crippen molar-refractivity contribution in [3.8, 4) is 0 Å². The number of carbonyl (C=O) groups is 4. The van der Waals surface area contributed by atoms with Crippen molar-refractivity contribution in [3.63, 3.8) is 0 Å². The Balaban J connectivity index is 1.58. The fourth-order valence-electron chi connectivity index (χ4n) is 4.00. The quantitative estimate of drug-likeness (QED) is 0.546. The Kier molecular flexibility index (Phi) is 6.90. The van der Waals surface area contributed by atoms with Gasteiger partial charge in [-0.1, -0.05) is 33.6 Å². The van der Waals surface area contributed by atoms with E-state index >= 15 is 0 Å². The van der Waals surface area contributed by atoms with Gasteiger partial charge in [0.1, 0.15) is 0 Å². The number of hydrogen-bond donors (Lipinski definition) is 1. The summed E-state index contributed by atoms with van der Waals surface area (Å²) in [6, 6.07) is 4.43. The van der Waals surface area contributed by atoms with E-state index in [-0.39, 0.29) is 35.6 Å². The maximum absolute atomic E-state index is 12.6. The molecule has 1 saturated carbocycles. The first-order valence-electron chi connectivity index (χ1n) is 10.7. The van der Waals surface area contributed by atoms with E-state index in [1.807, 2.05) is 13.8 Å². The van der Waals surface area contributed by atoms with Crippen LogP contribution in [0.4, 0.5) is 0 Å². The molecule has 1 N–H and O–H groups in total. The molecule has 0 saturated heterocycles. The molecule has 1 heterocycles. The van der Waals surface area contributed by atoms with Crippen LogP contribution in [0.3, 0.4) is 0 Å². The minimum atomic E-state index is -0.689. The number of benzene rings is 1. The molecule has 0 unspecified atom stereocenters. The highest BCUT2D eigenvalue weighted by Gasteiger charge is 2.36. The van der Waals surface area contributed by atoms with Gasteiger partial charge in [0, 0.05) is 12.6 Å². The van der Waals surface area contributed by atoms with Crippen LogP contribution in [-0.4, -0.2) is 47.8 Å². The van der Waals surface area contributed by atoms with Crippen LogP contribution in [0.1, 0.15) is 83.9 Å². The van der Waals surface area contributed by atoms with Crippen LogP contribution in [0.25, 0.3) is 0 Å². The monoisotopic (exact) mass is 414 g/mol. The van der Waals surface area contributed by atoms with Crippen LogP contribution in [0.2, 0.25) is 0 Å². The molecule has 0 bridgehead atoms. The summed E-state index contributed by atoms with van der Waals surface area (Å²) >= 11 is 0. The molecule has 0 aromatic heterocycles. The van der Waals surface area contributed by atoms with Gasteiger partial charge < -0.3 is 10.1 Å². The van der Waals surface area contributed by atoms with Crippen LogP contribution >= 0.6 is 0 Å². The molecule has 7 heteroatoms. The molecule has 1 aliphatic heterocycles. The number of ether oxygens (including phenoxy) is 1. The van der Waals surface area contributed by atoms with E-state index < -0.39 is 11.9 Å². The summed E-state index contributed by atoms with van der Waals surface area (Å²) < 4.78 is 5.13. The molecule has 3 amide bonds. The third kappa shape index (κ3) is 4.89. The molecule has 0 spiro atoms. The lowest BCUT2D eigenvalue weighted by atomic mass is 9.86. The van der Waals surface area contributed by atoms with Gasteiger partial charge in [0.15, 0.2) is 6.61 Å². The molecule has 1 aromatic rings. The molecule has 2 aliphatic rings. The Hall–Kier alpha value is -2.70. The Bertz CT molecular complexity index is 848. The summed E-state index contributed by atoms with van der Waals surface area (Å²) in [7, 11) is 0. The van der Waals surface area contributed by atoms with Crippen molar-refractivity contribution in [2.24, 2.45) is 11.8 Å². The highest BCUT2D eigenvalue weighted by molar-refractivity contribution is 6.22. The van der Waals surface area contributed by atoms with Gasteiger partial charge in [-0.3, -0.25) is 19.3 Å². The van der Waals surface area contributed by atoms with Crippen LogP contribution < -0.4 is 5.32 Å². The largest absolute Gasteiger partial charge is 0.452 e. The van der Waals surface area contributed by atoms with Gasteiger partial charge in [-0.05, 0) is 49.3 Å². The number of hydrogen-bond acceptors (Lipinski definition) is 5. The van der Waals surface area contributed by atoms with Crippen molar-refractivity contribution in [2.45, 2.75) is 58.9 Å². The van der Waals surface area contributed by atoms with Gasteiger partial charge in [-0.15, -0.1) is 0 Å². The van der Waals surface area contributed by atoms with E-state index in [1.54, 1.807) is 0 Å². The highest BCUT2D eigenvalue weighted by Crippen LogP contribution is 2.25. The number of carbonyl (C=O) groups excluding carboxylic acids is 4. The first-order chi connectivity index (χ1) is 14.3. The standard InChI is InChI=1S/C23H30N2O5/c1-14(2)10-11-25-21(27)17-9-8-16(12-18(17)22(25)28)23(29)30-13-20(26)24-19-7-5-4-6-15(19)3/h8-9,12,14-15,19H,4-7,10-11,13H2,1-3H3,(H,24,26)/t15-,19+/m0/s1. The first kappa shape index (κ1) is 22.0. The van der Waals surface area contributed by atoms with Gasteiger partial charge in [0.2, 0.25) is 0 Å². The molecule has 1 aliphatic carbocycles. The molecule has 7 nitrogen and oxygen atoms in total. The third-order valence-electron chi connectivity index (χ3n) is 5.93. The average Bonchev–Trinajstić information content (AvgIpc) is 2.96. The zero-order valence-corrected chi connectivity index (χ0v) is 17.9. The molecule has 1 fully saturated rings. The van der Waals surface area contributed by atoms with Crippen molar-refractivity contribution in [2.75, 3.05) is 13.2 Å². The molecule has 162 valence electrons. The van der Waals surface area contributed by atoms with Crippen LogP contribution in [-0.2, 0) is 9.53 Å². The molecule has 1 aromatic carbocycles. The van der Waals surface area contributed by atoms with Gasteiger partial charge in [0.05, 0.1) is 16.7 Å². The zero-order valence-electron chi connectivity index (χ0n) is 17.9. The van der Waals surface area contributed by atoms with Crippen molar-refractivity contribution < 1.29 is 23.9 Å². The lowest BCUT2D eigenvalue weighted by Crippen LogP contribution is -2.42. The highest BCUT2D eigenvalue weighted by atomic mass is 16.5. The number of nitrogens with one attached hydrogen (secondary N) is 1. The number of imide groups is 1. The number of esters is 1. The number of amides is 3. The van der Waals surface area contributed by atoms with Crippen LogP contribution in [0, 0.1) is 11.8 Å². The fraction of sp³-hybridized carbons (Fsp3) is 0.565.